The third-order valence-corrected chi connectivity index (χ3v) is 1.17. The van der Waals surface area contributed by atoms with Crippen molar-refractivity contribution in [2.24, 2.45) is 0 Å². The maximum Gasteiger partial charge on any atom is 0 e. The fourth-order valence-electron chi connectivity index (χ4n) is 0.807. The van der Waals surface area contributed by atoms with E-state index in [-0.39, 0.29) is 21.1 Å². The second kappa shape index (κ2) is 3.84. The van der Waals surface area contributed by atoms with Crippen molar-refractivity contribution in [2.75, 3.05) is 0 Å². The molecule has 1 aromatic rings. The van der Waals surface area contributed by atoms with Gasteiger partial charge in [-0.1, -0.05) is 35.4 Å². The summed E-state index contributed by atoms with van der Waals surface area (Å²) in [5.74, 6) is 0. The van der Waals surface area contributed by atoms with E-state index in [1.165, 1.54) is 11.1 Å². The SMILES string of the molecule is Cc1cccc(C)c1.[Pt]. The summed E-state index contributed by atoms with van der Waals surface area (Å²) in [5.41, 5.74) is 2.68. The van der Waals surface area contributed by atoms with Crippen LogP contribution in [0, 0.1) is 13.8 Å². The molecule has 1 heteroatoms. The van der Waals surface area contributed by atoms with E-state index in [2.05, 4.69) is 38.1 Å². The van der Waals surface area contributed by atoms with Crippen molar-refractivity contribution >= 4 is 0 Å². The second-order valence-corrected chi connectivity index (χ2v) is 2.16. The van der Waals surface area contributed by atoms with Crippen LogP contribution < -0.4 is 0 Å². The zero-order valence-electron chi connectivity index (χ0n) is 5.63. The van der Waals surface area contributed by atoms with Gasteiger partial charge in [-0.15, -0.1) is 0 Å². The first-order valence-corrected chi connectivity index (χ1v) is 2.82. The molecule has 0 aromatic heterocycles. The van der Waals surface area contributed by atoms with Gasteiger partial charge in [0.1, 0.15) is 0 Å². The van der Waals surface area contributed by atoms with Gasteiger partial charge in [0.15, 0.2) is 0 Å². The minimum atomic E-state index is 0. The van der Waals surface area contributed by atoms with Crippen molar-refractivity contribution in [1.29, 1.82) is 0 Å². The molecule has 0 aliphatic rings. The van der Waals surface area contributed by atoms with Crippen LogP contribution in [0.2, 0.25) is 0 Å². The Kier molecular flexibility index (Phi) is 3.81. The van der Waals surface area contributed by atoms with Crippen molar-refractivity contribution in [1.82, 2.24) is 0 Å². The van der Waals surface area contributed by atoms with Gasteiger partial charge in [0.25, 0.3) is 0 Å². The van der Waals surface area contributed by atoms with Crippen molar-refractivity contribution in [3.8, 4) is 0 Å². The number of hydrogen-bond acceptors (Lipinski definition) is 0. The Morgan fingerprint density at radius 1 is 1.00 bits per heavy atom. The maximum absolute atomic E-state index is 2.17. The molecule has 1 aromatic carbocycles. The normalized spacial score (nSPS) is 8.22. The Hall–Kier alpha value is -0.0917. The van der Waals surface area contributed by atoms with Gasteiger partial charge < -0.3 is 0 Å². The van der Waals surface area contributed by atoms with Crippen LogP contribution in [0.25, 0.3) is 0 Å². The first-order chi connectivity index (χ1) is 3.79. The number of benzene rings is 1. The minimum absolute atomic E-state index is 0. The molecular weight excluding hydrogens is 291 g/mol. The molecule has 0 aliphatic carbocycles. The summed E-state index contributed by atoms with van der Waals surface area (Å²) >= 11 is 0. The van der Waals surface area contributed by atoms with Crippen molar-refractivity contribution < 1.29 is 21.1 Å². The molecule has 0 radical (unpaired) electrons. The van der Waals surface area contributed by atoms with E-state index in [9.17, 15) is 0 Å². The van der Waals surface area contributed by atoms with Crippen LogP contribution in [0.1, 0.15) is 11.1 Å². The zero-order valence-corrected chi connectivity index (χ0v) is 7.90. The van der Waals surface area contributed by atoms with E-state index >= 15 is 0 Å². The third-order valence-electron chi connectivity index (χ3n) is 1.17. The van der Waals surface area contributed by atoms with E-state index in [1.807, 2.05) is 0 Å². The second-order valence-electron chi connectivity index (χ2n) is 2.16. The summed E-state index contributed by atoms with van der Waals surface area (Å²) < 4.78 is 0. The van der Waals surface area contributed by atoms with Crippen LogP contribution in [0.3, 0.4) is 0 Å². The monoisotopic (exact) mass is 301 g/mol. The summed E-state index contributed by atoms with van der Waals surface area (Å²) in [7, 11) is 0. The predicted octanol–water partition coefficient (Wildman–Crippen LogP) is 2.30. The molecule has 0 nitrogen and oxygen atoms in total. The van der Waals surface area contributed by atoms with Crippen molar-refractivity contribution in [3.63, 3.8) is 0 Å². The molecule has 0 heterocycles. The molecule has 52 valence electrons. The Bertz CT molecular complexity index is 164. The van der Waals surface area contributed by atoms with E-state index in [4.69, 9.17) is 0 Å². The fraction of sp³-hybridized carbons (Fsp3) is 0.250. The molecule has 9 heavy (non-hydrogen) atoms. The van der Waals surface area contributed by atoms with Crippen LogP contribution in [0.5, 0.6) is 0 Å². The molecule has 0 bridgehead atoms. The standard InChI is InChI=1S/C8H10.Pt/c1-7-4-3-5-8(2)6-7;/h3-6H,1-2H3;. The van der Waals surface area contributed by atoms with Crippen molar-refractivity contribution in [2.45, 2.75) is 13.8 Å². The number of hydrogen-bond donors (Lipinski definition) is 0. The van der Waals surface area contributed by atoms with Gasteiger partial charge in [0.05, 0.1) is 0 Å². The van der Waals surface area contributed by atoms with Gasteiger partial charge in [0, 0.05) is 21.1 Å². The average Bonchev–Trinajstić information content (AvgIpc) is 1.64. The summed E-state index contributed by atoms with van der Waals surface area (Å²) in [5, 5.41) is 0. The van der Waals surface area contributed by atoms with E-state index < -0.39 is 0 Å². The molecule has 0 amide bonds. The zero-order chi connectivity index (χ0) is 5.98. The molecule has 0 N–H and O–H groups in total. The topological polar surface area (TPSA) is 0 Å². The Labute approximate surface area is 70.5 Å². The number of rotatable bonds is 0. The number of aryl methyl sites for hydroxylation is 2. The van der Waals surface area contributed by atoms with E-state index in [0.29, 0.717) is 0 Å². The Morgan fingerprint density at radius 2 is 1.44 bits per heavy atom. The molecule has 0 fully saturated rings. The largest absolute Gasteiger partial charge is 0.0617 e. The smallest absolute Gasteiger partial charge is 0 e. The quantitative estimate of drug-likeness (QED) is 0.690. The minimum Gasteiger partial charge on any atom is -0.0617 e. The van der Waals surface area contributed by atoms with E-state index in [0.717, 1.165) is 0 Å². The van der Waals surface area contributed by atoms with Gasteiger partial charge >= 0.3 is 0 Å². The molecule has 0 atom stereocenters. The first kappa shape index (κ1) is 8.91. The molecule has 0 saturated carbocycles. The molecule has 0 saturated heterocycles. The average molecular weight is 301 g/mol. The summed E-state index contributed by atoms with van der Waals surface area (Å²) in [6.45, 7) is 4.21. The molecule has 0 unspecified atom stereocenters. The van der Waals surface area contributed by atoms with Crippen LogP contribution in [-0.4, -0.2) is 0 Å². The molecule has 0 spiro atoms. The Morgan fingerprint density at radius 3 is 1.67 bits per heavy atom. The summed E-state index contributed by atoms with van der Waals surface area (Å²) in [4.78, 5) is 0. The maximum atomic E-state index is 2.17. The van der Waals surface area contributed by atoms with Crippen LogP contribution in [-0.2, 0) is 21.1 Å². The van der Waals surface area contributed by atoms with Crippen molar-refractivity contribution in [3.05, 3.63) is 35.4 Å². The van der Waals surface area contributed by atoms with Gasteiger partial charge in [-0.25, -0.2) is 0 Å². The van der Waals surface area contributed by atoms with Gasteiger partial charge in [-0.3, -0.25) is 0 Å². The molecule has 0 aliphatic heterocycles. The van der Waals surface area contributed by atoms with E-state index in [1.54, 1.807) is 0 Å². The Balaban J connectivity index is 0.000000640. The predicted molar refractivity (Wildman–Crippen MR) is 35.9 cm³/mol. The molecular formula is C8H10Pt. The summed E-state index contributed by atoms with van der Waals surface area (Å²) in [6.07, 6.45) is 0. The van der Waals surface area contributed by atoms with Crippen LogP contribution >= 0.6 is 0 Å². The van der Waals surface area contributed by atoms with Gasteiger partial charge in [0.2, 0.25) is 0 Å². The van der Waals surface area contributed by atoms with Gasteiger partial charge in [-0.05, 0) is 13.8 Å². The third kappa shape index (κ3) is 2.81. The summed E-state index contributed by atoms with van der Waals surface area (Å²) in [6, 6.07) is 8.45. The van der Waals surface area contributed by atoms with Crippen LogP contribution in [0.15, 0.2) is 24.3 Å². The van der Waals surface area contributed by atoms with Crippen LogP contribution in [0.4, 0.5) is 0 Å². The fourth-order valence-corrected chi connectivity index (χ4v) is 0.807. The van der Waals surface area contributed by atoms with Gasteiger partial charge in [-0.2, -0.15) is 0 Å². The first-order valence-electron chi connectivity index (χ1n) is 2.82. The molecule has 1 rings (SSSR count).